The van der Waals surface area contributed by atoms with Crippen molar-refractivity contribution in [2.45, 2.75) is 37.8 Å². The van der Waals surface area contributed by atoms with Crippen LogP contribution in [0, 0.1) is 0 Å². The normalized spacial score (nSPS) is 11.8. The third-order valence-corrected chi connectivity index (χ3v) is 6.29. The molecule has 0 fully saturated rings. The second-order valence-corrected chi connectivity index (χ2v) is 10.8. The van der Waals surface area contributed by atoms with Crippen LogP contribution >= 0.6 is 11.6 Å². The minimum atomic E-state index is -3.84. The van der Waals surface area contributed by atoms with Gasteiger partial charge in [0.25, 0.3) is 0 Å². The van der Waals surface area contributed by atoms with E-state index in [-0.39, 0.29) is 18.0 Å². The van der Waals surface area contributed by atoms with Gasteiger partial charge in [-0.1, -0.05) is 23.7 Å². The highest BCUT2D eigenvalue weighted by Crippen LogP contribution is 2.18. The highest BCUT2D eigenvalue weighted by Gasteiger charge is 2.23. The van der Waals surface area contributed by atoms with E-state index in [9.17, 15) is 18.0 Å². The highest BCUT2D eigenvalue weighted by molar-refractivity contribution is 7.89. The molecule has 10 heteroatoms. The van der Waals surface area contributed by atoms with E-state index in [4.69, 9.17) is 16.3 Å². The van der Waals surface area contributed by atoms with Crippen LogP contribution in [0.25, 0.3) is 0 Å². The van der Waals surface area contributed by atoms with Gasteiger partial charge in [0.2, 0.25) is 15.9 Å². The van der Waals surface area contributed by atoms with Crippen molar-refractivity contribution in [1.29, 1.82) is 0 Å². The van der Waals surface area contributed by atoms with Crippen molar-refractivity contribution in [3.63, 3.8) is 0 Å². The Labute approximate surface area is 194 Å². The molecular formula is C22H28ClN3O5S. The number of rotatable bonds is 7. The Morgan fingerprint density at radius 2 is 1.69 bits per heavy atom. The predicted molar refractivity (Wildman–Crippen MR) is 124 cm³/mol. The fourth-order valence-electron chi connectivity index (χ4n) is 2.70. The fraction of sp³-hybridized carbons (Fsp3) is 0.364. The molecule has 0 saturated heterocycles. The van der Waals surface area contributed by atoms with Crippen LogP contribution in [0.4, 0.5) is 10.5 Å². The van der Waals surface area contributed by atoms with Crippen molar-refractivity contribution in [3.8, 4) is 0 Å². The molecule has 32 heavy (non-hydrogen) atoms. The molecule has 0 spiro atoms. The van der Waals surface area contributed by atoms with E-state index in [1.54, 1.807) is 46.0 Å². The highest BCUT2D eigenvalue weighted by atomic mass is 35.5. The molecule has 0 heterocycles. The van der Waals surface area contributed by atoms with E-state index in [1.807, 2.05) is 6.07 Å². The summed E-state index contributed by atoms with van der Waals surface area (Å²) in [7, 11) is -0.886. The second-order valence-electron chi connectivity index (χ2n) is 8.30. The number of anilines is 1. The first-order valence-electron chi connectivity index (χ1n) is 9.83. The first-order chi connectivity index (χ1) is 14.8. The second kappa shape index (κ2) is 10.3. The number of sulfonamides is 1. The van der Waals surface area contributed by atoms with Gasteiger partial charge in [-0.25, -0.2) is 13.2 Å². The summed E-state index contributed by atoms with van der Waals surface area (Å²) in [6, 6.07) is 12.7. The standard InChI is InChI=1S/C22H28ClN3O5S/c1-22(2,3)31-21(28)25(4)14-16-7-6-8-18(13-16)24-20(27)15-26(5)32(29,30)19-11-9-17(23)10-12-19/h6-13H,14-15H2,1-5H3,(H,24,27). The van der Waals surface area contributed by atoms with E-state index in [2.05, 4.69) is 5.32 Å². The fourth-order valence-corrected chi connectivity index (χ4v) is 3.95. The lowest BCUT2D eigenvalue weighted by atomic mass is 10.2. The Morgan fingerprint density at radius 3 is 2.28 bits per heavy atom. The van der Waals surface area contributed by atoms with Crippen molar-refractivity contribution in [3.05, 3.63) is 59.1 Å². The number of nitrogens with one attached hydrogen (secondary N) is 1. The molecule has 0 radical (unpaired) electrons. The number of carbonyl (C=O) groups excluding carboxylic acids is 2. The van der Waals surface area contributed by atoms with Gasteiger partial charge in [0, 0.05) is 31.4 Å². The lowest BCUT2D eigenvalue weighted by molar-refractivity contribution is -0.116. The molecular weight excluding hydrogens is 454 g/mol. The molecule has 1 N–H and O–H groups in total. The van der Waals surface area contributed by atoms with Gasteiger partial charge in [-0.15, -0.1) is 0 Å². The van der Waals surface area contributed by atoms with Gasteiger partial charge >= 0.3 is 6.09 Å². The molecule has 2 amide bonds. The Kier molecular flexibility index (Phi) is 8.28. The van der Waals surface area contributed by atoms with Gasteiger partial charge in [0.1, 0.15) is 5.60 Å². The van der Waals surface area contributed by atoms with Crippen LogP contribution in [0.1, 0.15) is 26.3 Å². The molecule has 8 nitrogen and oxygen atoms in total. The molecule has 0 atom stereocenters. The minimum absolute atomic E-state index is 0.0457. The van der Waals surface area contributed by atoms with Gasteiger partial charge in [-0.3, -0.25) is 4.79 Å². The van der Waals surface area contributed by atoms with Crippen LogP contribution in [-0.4, -0.2) is 55.9 Å². The van der Waals surface area contributed by atoms with Gasteiger partial charge < -0.3 is 15.0 Å². The molecule has 2 aromatic carbocycles. The average Bonchev–Trinajstić information content (AvgIpc) is 2.67. The number of nitrogens with zero attached hydrogens (tertiary/aromatic N) is 2. The topological polar surface area (TPSA) is 96.0 Å². The van der Waals surface area contributed by atoms with Crippen molar-refractivity contribution in [2.75, 3.05) is 26.0 Å². The van der Waals surface area contributed by atoms with Crippen LogP contribution in [0.5, 0.6) is 0 Å². The zero-order chi connectivity index (χ0) is 24.1. The average molecular weight is 482 g/mol. The number of halogens is 1. The molecule has 0 aliphatic heterocycles. The van der Waals surface area contributed by atoms with Crippen LogP contribution in [0.2, 0.25) is 5.02 Å². The number of ether oxygens (including phenoxy) is 1. The first-order valence-corrected chi connectivity index (χ1v) is 11.6. The van der Waals surface area contributed by atoms with Gasteiger partial charge in [0.05, 0.1) is 11.4 Å². The van der Waals surface area contributed by atoms with Crippen molar-refractivity contribution >= 4 is 39.3 Å². The summed E-state index contributed by atoms with van der Waals surface area (Å²) in [5.41, 5.74) is 0.667. The van der Waals surface area contributed by atoms with Gasteiger partial charge in [-0.2, -0.15) is 4.31 Å². The quantitative estimate of drug-likeness (QED) is 0.645. The Morgan fingerprint density at radius 1 is 1.06 bits per heavy atom. The lowest BCUT2D eigenvalue weighted by Gasteiger charge is -2.24. The monoisotopic (exact) mass is 481 g/mol. The summed E-state index contributed by atoms with van der Waals surface area (Å²) in [5.74, 6) is -0.498. The van der Waals surface area contributed by atoms with Crippen LogP contribution < -0.4 is 5.32 Å². The molecule has 2 aromatic rings. The summed E-state index contributed by atoms with van der Waals surface area (Å²) in [4.78, 5) is 26.0. The maximum absolute atomic E-state index is 12.6. The largest absolute Gasteiger partial charge is 0.444 e. The lowest BCUT2D eigenvalue weighted by Crippen LogP contribution is -2.35. The van der Waals surface area contributed by atoms with Crippen LogP contribution in [0.15, 0.2) is 53.4 Å². The van der Waals surface area contributed by atoms with Gasteiger partial charge in [-0.05, 0) is 62.7 Å². The number of carbonyl (C=O) groups is 2. The summed E-state index contributed by atoms with van der Waals surface area (Å²) >= 11 is 5.80. The summed E-state index contributed by atoms with van der Waals surface area (Å²) in [5, 5.41) is 3.10. The molecule has 0 aliphatic rings. The number of likely N-dealkylation sites (N-methyl/N-ethyl adjacent to an activating group) is 1. The van der Waals surface area contributed by atoms with Crippen molar-refractivity contribution in [1.82, 2.24) is 9.21 Å². The maximum atomic E-state index is 12.6. The number of hydrogen-bond acceptors (Lipinski definition) is 5. The molecule has 0 bridgehead atoms. The van der Waals surface area contributed by atoms with E-state index >= 15 is 0 Å². The Bertz CT molecular complexity index is 1070. The first kappa shape index (κ1) is 25.6. The molecule has 0 saturated carbocycles. The molecule has 0 unspecified atom stereocenters. The summed E-state index contributed by atoms with van der Waals surface area (Å²) in [6.07, 6.45) is -0.457. The minimum Gasteiger partial charge on any atom is -0.444 e. The van der Waals surface area contributed by atoms with Crippen LogP contribution in [0.3, 0.4) is 0 Å². The number of benzene rings is 2. The third kappa shape index (κ3) is 7.51. The van der Waals surface area contributed by atoms with Crippen molar-refractivity contribution < 1.29 is 22.7 Å². The van der Waals surface area contributed by atoms with E-state index in [1.165, 1.54) is 36.2 Å². The predicted octanol–water partition coefficient (Wildman–Crippen LogP) is 3.97. The summed E-state index contributed by atoms with van der Waals surface area (Å²) in [6.45, 7) is 5.29. The van der Waals surface area contributed by atoms with Gasteiger partial charge in [0.15, 0.2) is 0 Å². The molecule has 0 aromatic heterocycles. The zero-order valence-electron chi connectivity index (χ0n) is 18.8. The number of hydrogen-bond donors (Lipinski definition) is 1. The molecule has 0 aliphatic carbocycles. The van der Waals surface area contributed by atoms with E-state index < -0.39 is 27.6 Å². The molecule has 174 valence electrons. The van der Waals surface area contributed by atoms with Crippen molar-refractivity contribution in [2.24, 2.45) is 0 Å². The maximum Gasteiger partial charge on any atom is 0.410 e. The van der Waals surface area contributed by atoms with E-state index in [0.29, 0.717) is 10.7 Å². The zero-order valence-corrected chi connectivity index (χ0v) is 20.3. The van der Waals surface area contributed by atoms with E-state index in [0.717, 1.165) is 9.87 Å². The van der Waals surface area contributed by atoms with Crippen LogP contribution in [-0.2, 0) is 26.1 Å². The number of amides is 2. The smallest absolute Gasteiger partial charge is 0.410 e. The molecule has 2 rings (SSSR count). The Hall–Kier alpha value is -2.62. The third-order valence-electron chi connectivity index (χ3n) is 4.22. The summed E-state index contributed by atoms with van der Waals surface area (Å²) < 4.78 is 31.5. The Balaban J connectivity index is 2.00. The SMILES string of the molecule is CN(Cc1cccc(NC(=O)CN(C)S(=O)(=O)c2ccc(Cl)cc2)c1)C(=O)OC(C)(C)C.